The lowest BCUT2D eigenvalue weighted by atomic mass is 10.1. The minimum atomic E-state index is -0.0782. The van der Waals surface area contributed by atoms with Crippen molar-refractivity contribution in [2.24, 2.45) is 0 Å². The molecule has 2 rings (SSSR count). The lowest BCUT2D eigenvalue weighted by Crippen LogP contribution is -2.22. The van der Waals surface area contributed by atoms with E-state index in [1.807, 2.05) is 12.1 Å². The normalized spacial score (nSPS) is 12.9. The molecule has 0 aliphatic carbocycles. The number of halogens is 3. The van der Waals surface area contributed by atoms with Crippen molar-refractivity contribution >= 4 is 50.5 Å². The van der Waals surface area contributed by atoms with Crippen molar-refractivity contribution in [3.8, 4) is 0 Å². The third-order valence-corrected chi connectivity index (χ3v) is 4.67. The maximum absolute atomic E-state index is 6.23. The average molecular weight is 369 g/mol. The summed E-state index contributed by atoms with van der Waals surface area (Å²) < 4.78 is 7.83. The molecule has 0 radical (unpaired) electrons. The van der Waals surface area contributed by atoms with Crippen LogP contribution in [0.1, 0.15) is 30.7 Å². The molecular weight excluding hydrogens is 357 g/mol. The Morgan fingerprint density at radius 2 is 2.28 bits per heavy atom. The molecule has 0 spiro atoms. The third-order valence-electron chi connectivity index (χ3n) is 2.50. The maximum atomic E-state index is 6.23. The molecule has 98 valence electrons. The first-order valence-corrected chi connectivity index (χ1v) is 7.91. The van der Waals surface area contributed by atoms with E-state index < -0.39 is 0 Å². The van der Waals surface area contributed by atoms with Crippen LogP contribution in [0.5, 0.6) is 0 Å². The summed E-state index contributed by atoms with van der Waals surface area (Å²) in [6.45, 7) is 2.99. The summed E-state index contributed by atoms with van der Waals surface area (Å²) >= 11 is 17.1. The first kappa shape index (κ1) is 14.4. The van der Waals surface area contributed by atoms with E-state index in [0.29, 0.717) is 8.67 Å². The van der Waals surface area contributed by atoms with Gasteiger partial charge in [0.2, 0.25) is 0 Å². The Bertz CT molecular complexity index is 526. The van der Waals surface area contributed by atoms with Gasteiger partial charge in [-0.05, 0) is 41.0 Å². The van der Waals surface area contributed by atoms with E-state index in [1.54, 1.807) is 6.26 Å². The molecule has 0 aromatic carbocycles. The van der Waals surface area contributed by atoms with E-state index >= 15 is 0 Å². The molecule has 2 aromatic rings. The molecule has 0 fully saturated rings. The summed E-state index contributed by atoms with van der Waals surface area (Å²) in [4.78, 5) is 0. The van der Waals surface area contributed by atoms with Crippen LogP contribution >= 0.6 is 50.5 Å². The predicted molar refractivity (Wildman–Crippen MR) is 80.9 cm³/mol. The van der Waals surface area contributed by atoms with E-state index in [9.17, 15) is 0 Å². The second kappa shape index (κ2) is 6.44. The van der Waals surface area contributed by atoms with Crippen molar-refractivity contribution in [2.45, 2.75) is 19.4 Å². The Balaban J connectivity index is 2.37. The summed E-state index contributed by atoms with van der Waals surface area (Å²) in [6, 6.07) is 3.68. The Kier molecular flexibility index (Phi) is 5.15. The highest BCUT2D eigenvalue weighted by Crippen LogP contribution is 2.39. The molecule has 2 aromatic heterocycles. The van der Waals surface area contributed by atoms with Gasteiger partial charge in [0.05, 0.1) is 25.5 Å². The molecule has 1 unspecified atom stereocenters. The molecule has 18 heavy (non-hydrogen) atoms. The van der Waals surface area contributed by atoms with Crippen LogP contribution in [0.15, 0.2) is 27.3 Å². The zero-order chi connectivity index (χ0) is 13.1. The molecular formula is C12H12BrCl2NOS. The van der Waals surface area contributed by atoms with Crippen LogP contribution in [0, 0.1) is 0 Å². The van der Waals surface area contributed by atoms with Gasteiger partial charge < -0.3 is 9.73 Å². The number of rotatable bonds is 5. The number of thiophene rings is 1. The molecule has 1 atom stereocenters. The van der Waals surface area contributed by atoms with E-state index in [-0.39, 0.29) is 6.04 Å². The lowest BCUT2D eigenvalue weighted by Gasteiger charge is -2.16. The summed E-state index contributed by atoms with van der Waals surface area (Å²) in [5.74, 6) is 0.819. The van der Waals surface area contributed by atoms with Gasteiger partial charge in [-0.2, -0.15) is 0 Å². The number of hydrogen-bond donors (Lipinski definition) is 1. The first-order chi connectivity index (χ1) is 8.63. The highest BCUT2D eigenvalue weighted by molar-refractivity contribution is 9.10. The van der Waals surface area contributed by atoms with E-state index in [4.69, 9.17) is 27.6 Å². The summed E-state index contributed by atoms with van der Waals surface area (Å²) in [6.07, 6.45) is 2.69. The molecule has 2 nitrogen and oxygen atoms in total. The summed E-state index contributed by atoms with van der Waals surface area (Å²) in [5.41, 5.74) is 0.954. The van der Waals surface area contributed by atoms with Crippen LogP contribution in [0.2, 0.25) is 8.67 Å². The monoisotopic (exact) mass is 367 g/mol. The fourth-order valence-corrected chi connectivity index (χ4v) is 3.66. The van der Waals surface area contributed by atoms with E-state index in [0.717, 1.165) is 28.8 Å². The second-order valence-electron chi connectivity index (χ2n) is 3.80. The van der Waals surface area contributed by atoms with Crippen LogP contribution in [0.4, 0.5) is 0 Å². The second-order valence-corrected chi connectivity index (χ2v) is 6.94. The highest BCUT2D eigenvalue weighted by Gasteiger charge is 2.23. The number of hydrogen-bond acceptors (Lipinski definition) is 3. The van der Waals surface area contributed by atoms with Gasteiger partial charge in [-0.25, -0.2) is 0 Å². The largest absolute Gasteiger partial charge is 0.466 e. The molecule has 0 aliphatic heterocycles. The number of furan rings is 1. The first-order valence-electron chi connectivity index (χ1n) is 5.54. The Labute approximate surface area is 128 Å². The third kappa shape index (κ3) is 3.11. The van der Waals surface area contributed by atoms with Gasteiger partial charge >= 0.3 is 0 Å². The van der Waals surface area contributed by atoms with Crippen molar-refractivity contribution in [1.29, 1.82) is 0 Å². The van der Waals surface area contributed by atoms with Gasteiger partial charge in [-0.3, -0.25) is 0 Å². The van der Waals surface area contributed by atoms with E-state index in [1.165, 1.54) is 11.3 Å². The van der Waals surface area contributed by atoms with Crippen molar-refractivity contribution in [1.82, 2.24) is 5.32 Å². The van der Waals surface area contributed by atoms with Gasteiger partial charge in [0, 0.05) is 5.56 Å². The van der Waals surface area contributed by atoms with Gasteiger partial charge in [0.15, 0.2) is 0 Å². The predicted octanol–water partition coefficient (Wildman–Crippen LogP) is 5.50. The van der Waals surface area contributed by atoms with E-state index in [2.05, 4.69) is 28.2 Å². The average Bonchev–Trinajstić information content (AvgIpc) is 2.87. The molecule has 0 amide bonds. The summed E-state index contributed by atoms with van der Waals surface area (Å²) in [7, 11) is 0. The minimum absolute atomic E-state index is 0.0782. The van der Waals surface area contributed by atoms with Gasteiger partial charge in [0.1, 0.15) is 5.76 Å². The van der Waals surface area contributed by atoms with Crippen LogP contribution in [-0.2, 0) is 0 Å². The minimum Gasteiger partial charge on any atom is -0.466 e. The van der Waals surface area contributed by atoms with Crippen molar-refractivity contribution in [3.63, 3.8) is 0 Å². The van der Waals surface area contributed by atoms with Crippen molar-refractivity contribution < 1.29 is 4.42 Å². The standard InChI is InChI=1S/C12H12BrCl2NOS/c1-2-4-16-10(11-8(13)3-5-17-11)7-6-9(14)18-12(7)15/h3,5-6,10,16H,2,4H2,1H3. The Hall–Kier alpha value is -0.000000000000000111. The SMILES string of the molecule is CCCNC(c1cc(Cl)sc1Cl)c1occc1Br. The fraction of sp³-hybridized carbons (Fsp3) is 0.333. The lowest BCUT2D eigenvalue weighted by molar-refractivity contribution is 0.445. The molecule has 0 saturated heterocycles. The molecule has 0 aliphatic rings. The van der Waals surface area contributed by atoms with Gasteiger partial charge in [-0.1, -0.05) is 30.1 Å². The van der Waals surface area contributed by atoms with Crippen LogP contribution in [0.25, 0.3) is 0 Å². The Morgan fingerprint density at radius 1 is 1.50 bits per heavy atom. The number of nitrogens with one attached hydrogen (secondary N) is 1. The smallest absolute Gasteiger partial charge is 0.139 e. The topological polar surface area (TPSA) is 25.2 Å². The molecule has 2 heterocycles. The van der Waals surface area contributed by atoms with Crippen molar-refractivity contribution in [3.05, 3.63) is 42.9 Å². The van der Waals surface area contributed by atoms with Crippen LogP contribution < -0.4 is 5.32 Å². The quantitative estimate of drug-likeness (QED) is 0.753. The Morgan fingerprint density at radius 3 is 2.78 bits per heavy atom. The maximum Gasteiger partial charge on any atom is 0.139 e. The zero-order valence-corrected chi connectivity index (χ0v) is 13.6. The van der Waals surface area contributed by atoms with Gasteiger partial charge in [-0.15, -0.1) is 11.3 Å². The zero-order valence-electron chi connectivity index (χ0n) is 9.67. The van der Waals surface area contributed by atoms with Crippen LogP contribution in [0.3, 0.4) is 0 Å². The van der Waals surface area contributed by atoms with Crippen LogP contribution in [-0.4, -0.2) is 6.54 Å². The fourth-order valence-electron chi connectivity index (χ4n) is 1.69. The molecule has 1 N–H and O–H groups in total. The molecule has 0 bridgehead atoms. The molecule has 6 heteroatoms. The van der Waals surface area contributed by atoms with Gasteiger partial charge in [0.25, 0.3) is 0 Å². The highest BCUT2D eigenvalue weighted by atomic mass is 79.9. The molecule has 0 saturated carbocycles. The summed E-state index contributed by atoms with van der Waals surface area (Å²) in [5, 5.41) is 3.42. The van der Waals surface area contributed by atoms with Crippen molar-refractivity contribution in [2.75, 3.05) is 6.54 Å².